The summed E-state index contributed by atoms with van der Waals surface area (Å²) in [5, 5.41) is 3.27. The molecule has 1 fully saturated rings. The lowest BCUT2D eigenvalue weighted by Crippen LogP contribution is -2.21. The van der Waals surface area contributed by atoms with Gasteiger partial charge in [-0.25, -0.2) is 19.4 Å². The van der Waals surface area contributed by atoms with Crippen molar-refractivity contribution in [2.75, 3.05) is 23.3 Å². The van der Waals surface area contributed by atoms with Gasteiger partial charge in [0.25, 0.3) is 0 Å². The quantitative estimate of drug-likeness (QED) is 0.341. The number of anilines is 2. The Morgan fingerprint density at radius 2 is 2.10 bits per heavy atom. The number of amidine groups is 1. The number of nitrogens with two attached hydrogens (primary N) is 2. The summed E-state index contributed by atoms with van der Waals surface area (Å²) in [5.41, 5.74) is 12.8. The Morgan fingerprint density at radius 1 is 1.35 bits per heavy atom. The summed E-state index contributed by atoms with van der Waals surface area (Å²) < 4.78 is 13.7. The zero-order valence-corrected chi connectivity index (χ0v) is 18.3. The number of alkyl halides is 1. The van der Waals surface area contributed by atoms with Gasteiger partial charge in [-0.15, -0.1) is 0 Å². The fourth-order valence-corrected chi connectivity index (χ4v) is 3.71. The van der Waals surface area contributed by atoms with Crippen molar-refractivity contribution in [2.24, 2.45) is 16.5 Å². The van der Waals surface area contributed by atoms with Gasteiger partial charge in [-0.2, -0.15) is 0 Å². The van der Waals surface area contributed by atoms with Crippen molar-refractivity contribution < 1.29 is 9.18 Å². The van der Waals surface area contributed by atoms with E-state index in [1.807, 2.05) is 29.2 Å². The minimum atomic E-state index is -0.878. The third-order valence-electron chi connectivity index (χ3n) is 4.42. The van der Waals surface area contributed by atoms with Crippen LogP contribution in [0.4, 0.5) is 21.7 Å². The van der Waals surface area contributed by atoms with E-state index in [0.29, 0.717) is 41.9 Å². The van der Waals surface area contributed by atoms with E-state index in [4.69, 9.17) is 11.5 Å². The molecular weight excluding hydrogens is 417 g/mol. The molecule has 1 amide bonds. The van der Waals surface area contributed by atoms with Gasteiger partial charge in [-0.3, -0.25) is 4.79 Å². The number of hydrogen-bond acceptors (Lipinski definition) is 7. The van der Waals surface area contributed by atoms with E-state index in [2.05, 4.69) is 20.3 Å². The molecule has 1 aromatic carbocycles. The van der Waals surface area contributed by atoms with Crippen molar-refractivity contribution in [3.05, 3.63) is 42.1 Å². The molecule has 0 saturated carbocycles. The highest BCUT2D eigenvalue weighted by molar-refractivity contribution is 7.99. The Bertz CT molecular complexity index is 990. The van der Waals surface area contributed by atoms with Crippen LogP contribution in [0.1, 0.15) is 26.7 Å². The minimum Gasteiger partial charge on any atom is -0.402 e. The van der Waals surface area contributed by atoms with E-state index in [1.165, 1.54) is 11.8 Å². The highest BCUT2D eigenvalue weighted by atomic mass is 32.2. The molecular formula is C21H26FN7OS. The molecule has 8 nitrogen and oxygen atoms in total. The van der Waals surface area contributed by atoms with Crippen molar-refractivity contribution in [3.63, 3.8) is 0 Å². The zero-order chi connectivity index (χ0) is 22.4. The predicted molar refractivity (Wildman–Crippen MR) is 122 cm³/mol. The summed E-state index contributed by atoms with van der Waals surface area (Å²) in [4.78, 5) is 27.7. The van der Waals surface area contributed by atoms with E-state index in [-0.39, 0.29) is 18.3 Å². The maximum absolute atomic E-state index is 13.7. The largest absolute Gasteiger partial charge is 0.402 e. The monoisotopic (exact) mass is 443 g/mol. The molecule has 1 aliphatic rings. The second kappa shape index (κ2) is 10.3. The second-order valence-electron chi connectivity index (χ2n) is 7.15. The third kappa shape index (κ3) is 6.68. The SMILES string of the molecule is CCC(=O)Nc1ccc(Sc2nc(N=C(N)C=C(C)N)cc(N3CCC(F)C3)n2)cc1. The van der Waals surface area contributed by atoms with E-state index in [1.54, 1.807) is 26.0 Å². The van der Waals surface area contributed by atoms with Crippen molar-refractivity contribution in [1.29, 1.82) is 0 Å². The lowest BCUT2D eigenvalue weighted by Gasteiger charge is -2.17. The number of aromatic nitrogens is 2. The van der Waals surface area contributed by atoms with E-state index in [9.17, 15) is 9.18 Å². The van der Waals surface area contributed by atoms with Gasteiger partial charge in [-0.05, 0) is 55.4 Å². The normalized spacial score (nSPS) is 17.1. The first kappa shape index (κ1) is 22.5. The van der Waals surface area contributed by atoms with Gasteiger partial charge in [0.2, 0.25) is 5.91 Å². The summed E-state index contributed by atoms with van der Waals surface area (Å²) >= 11 is 1.34. The number of amides is 1. The minimum absolute atomic E-state index is 0.0462. The summed E-state index contributed by atoms with van der Waals surface area (Å²) in [6.07, 6.45) is 1.55. The van der Waals surface area contributed by atoms with Gasteiger partial charge in [0, 0.05) is 35.3 Å². The van der Waals surface area contributed by atoms with Crippen LogP contribution in [-0.2, 0) is 4.79 Å². The topological polar surface area (TPSA) is 123 Å². The number of nitrogens with one attached hydrogen (secondary N) is 1. The Labute approximate surface area is 185 Å². The molecule has 3 rings (SSSR count). The predicted octanol–water partition coefficient (Wildman–Crippen LogP) is 3.38. The fraction of sp³-hybridized carbons (Fsp3) is 0.333. The van der Waals surface area contributed by atoms with E-state index < -0.39 is 6.17 Å². The molecule has 1 saturated heterocycles. The van der Waals surface area contributed by atoms with Crippen molar-refractivity contribution in [2.45, 2.75) is 42.9 Å². The molecule has 2 aromatic rings. The number of aliphatic imine (C=N–C) groups is 1. The van der Waals surface area contributed by atoms with Gasteiger partial charge >= 0.3 is 0 Å². The van der Waals surface area contributed by atoms with Crippen molar-refractivity contribution in [3.8, 4) is 0 Å². The molecule has 31 heavy (non-hydrogen) atoms. The van der Waals surface area contributed by atoms with Crippen LogP contribution in [0.2, 0.25) is 0 Å². The molecule has 0 aliphatic carbocycles. The summed E-state index contributed by atoms with van der Waals surface area (Å²) in [7, 11) is 0. The lowest BCUT2D eigenvalue weighted by molar-refractivity contribution is -0.115. The molecule has 1 unspecified atom stereocenters. The molecule has 1 aromatic heterocycles. The fourth-order valence-electron chi connectivity index (χ4n) is 2.95. The van der Waals surface area contributed by atoms with Crippen LogP contribution in [0.5, 0.6) is 0 Å². The number of nitrogens with zero attached hydrogens (tertiary/aromatic N) is 4. The van der Waals surface area contributed by atoms with Crippen LogP contribution < -0.4 is 21.7 Å². The second-order valence-corrected chi connectivity index (χ2v) is 8.19. The van der Waals surface area contributed by atoms with Crippen molar-refractivity contribution in [1.82, 2.24) is 9.97 Å². The van der Waals surface area contributed by atoms with Gasteiger partial charge < -0.3 is 21.7 Å². The lowest BCUT2D eigenvalue weighted by atomic mass is 10.3. The molecule has 0 spiro atoms. The van der Waals surface area contributed by atoms with Gasteiger partial charge in [0.05, 0.1) is 6.54 Å². The number of carbonyl (C=O) groups excluding carboxylic acids is 1. The molecule has 0 bridgehead atoms. The first-order valence-electron chi connectivity index (χ1n) is 9.96. The van der Waals surface area contributed by atoms with E-state index in [0.717, 1.165) is 10.6 Å². The first-order valence-corrected chi connectivity index (χ1v) is 10.8. The van der Waals surface area contributed by atoms with Crippen LogP contribution in [0.15, 0.2) is 57.1 Å². The number of rotatable bonds is 7. The Hall–Kier alpha value is -3.14. The Balaban J connectivity index is 1.86. The average molecular weight is 444 g/mol. The van der Waals surface area contributed by atoms with Crippen LogP contribution in [0.3, 0.4) is 0 Å². The summed E-state index contributed by atoms with van der Waals surface area (Å²) in [5.74, 6) is 1.15. The Kier molecular flexibility index (Phi) is 7.45. The first-order chi connectivity index (χ1) is 14.8. The van der Waals surface area contributed by atoms with Gasteiger partial charge in [-0.1, -0.05) is 6.92 Å². The maximum atomic E-state index is 13.7. The number of halogens is 1. The maximum Gasteiger partial charge on any atom is 0.224 e. The Morgan fingerprint density at radius 3 is 2.71 bits per heavy atom. The summed E-state index contributed by atoms with van der Waals surface area (Å²) in [6.45, 7) is 4.38. The highest BCUT2D eigenvalue weighted by Crippen LogP contribution is 2.31. The smallest absolute Gasteiger partial charge is 0.224 e. The van der Waals surface area contributed by atoms with E-state index >= 15 is 0 Å². The van der Waals surface area contributed by atoms with Gasteiger partial charge in [0.1, 0.15) is 17.8 Å². The third-order valence-corrected chi connectivity index (χ3v) is 5.29. The number of benzene rings is 1. The molecule has 0 radical (unpaired) electrons. The number of allylic oxidation sites excluding steroid dienone is 1. The van der Waals surface area contributed by atoms with Crippen molar-refractivity contribution >= 4 is 40.8 Å². The van der Waals surface area contributed by atoms with Crippen LogP contribution in [0.25, 0.3) is 0 Å². The molecule has 164 valence electrons. The zero-order valence-electron chi connectivity index (χ0n) is 17.5. The summed E-state index contributed by atoms with van der Waals surface area (Å²) in [6, 6.07) is 9.08. The standard InChI is InChI=1S/C21H26FN7OS/c1-3-20(30)25-15-4-6-16(7-5-15)31-21-27-18(26-17(24)10-13(2)23)11-19(28-21)29-9-8-14(22)12-29/h4-7,10-11,14H,3,8-9,12,23H2,1-2H3,(H,25,30)(H2,24,26,27,28). The average Bonchev–Trinajstić information content (AvgIpc) is 3.15. The molecule has 2 heterocycles. The molecule has 1 atom stereocenters. The molecule has 1 aliphatic heterocycles. The van der Waals surface area contributed by atoms with Crippen LogP contribution in [0, 0.1) is 0 Å². The van der Waals surface area contributed by atoms with Gasteiger partial charge in [0.15, 0.2) is 11.0 Å². The molecule has 10 heteroatoms. The van der Waals surface area contributed by atoms with Crippen LogP contribution in [-0.4, -0.2) is 41.0 Å². The number of hydrogen-bond donors (Lipinski definition) is 3. The molecule has 5 N–H and O–H groups in total. The number of carbonyl (C=O) groups is 1. The highest BCUT2D eigenvalue weighted by Gasteiger charge is 2.24. The van der Waals surface area contributed by atoms with Crippen LogP contribution >= 0.6 is 11.8 Å².